The molecule has 0 amide bonds. The summed E-state index contributed by atoms with van der Waals surface area (Å²) in [6.45, 7) is 4.18. The highest BCUT2D eigenvalue weighted by Crippen LogP contribution is 2.26. The average Bonchev–Trinajstić information content (AvgIpc) is 1.92. The molecule has 8 heavy (non-hydrogen) atoms. The normalized spacial score (nSPS) is 45.0. The van der Waals surface area contributed by atoms with Gasteiger partial charge in [0.1, 0.15) is 0 Å². The van der Waals surface area contributed by atoms with Crippen molar-refractivity contribution in [2.45, 2.75) is 19.3 Å². The lowest BCUT2D eigenvalue weighted by atomic mass is 9.89. The first-order valence-electron chi connectivity index (χ1n) is 3.67. The predicted octanol–water partition coefficient (Wildman–Crippen LogP) is 1.35. The molecule has 1 heteroatoms. The van der Waals surface area contributed by atoms with Gasteiger partial charge in [-0.05, 0) is 44.8 Å². The fourth-order valence-corrected chi connectivity index (χ4v) is 1.86. The van der Waals surface area contributed by atoms with Crippen LogP contribution in [0.4, 0.5) is 0 Å². The minimum absolute atomic E-state index is 0. The first-order chi connectivity index (χ1) is 3.95. The minimum Gasteiger partial charge on any atom is -0.303 e. The van der Waals surface area contributed by atoms with Gasteiger partial charge in [0.05, 0.1) is 0 Å². The van der Waals surface area contributed by atoms with Crippen LogP contribution in [-0.4, -0.2) is 24.5 Å². The zero-order chi connectivity index (χ0) is 5.40. The van der Waals surface area contributed by atoms with Gasteiger partial charge in [0.2, 0.25) is 0 Å². The molecule has 0 radical (unpaired) electrons. The first kappa shape index (κ1) is 4.80. The van der Waals surface area contributed by atoms with Crippen molar-refractivity contribution >= 4 is 0 Å². The summed E-state index contributed by atoms with van der Waals surface area (Å²) in [6.07, 6.45) is 4.46. The summed E-state index contributed by atoms with van der Waals surface area (Å²) in [7, 11) is 0. The van der Waals surface area contributed by atoms with E-state index in [-0.39, 0.29) is 1.43 Å². The van der Waals surface area contributed by atoms with Gasteiger partial charge in [-0.15, -0.1) is 0 Å². The Hall–Kier alpha value is -0.0400. The van der Waals surface area contributed by atoms with Gasteiger partial charge in [-0.2, -0.15) is 0 Å². The van der Waals surface area contributed by atoms with E-state index in [0.29, 0.717) is 0 Å². The van der Waals surface area contributed by atoms with E-state index in [1.54, 1.807) is 0 Å². The lowest BCUT2D eigenvalue weighted by Gasteiger charge is -2.38. The summed E-state index contributed by atoms with van der Waals surface area (Å²) < 4.78 is 0. The van der Waals surface area contributed by atoms with Crippen LogP contribution in [0.5, 0.6) is 0 Å². The third-order valence-corrected chi connectivity index (χ3v) is 2.56. The fraction of sp³-hybridized carbons (Fsp3) is 1.00. The van der Waals surface area contributed by atoms with Gasteiger partial charge in [0, 0.05) is 1.43 Å². The molecule has 0 spiro atoms. The molecule has 0 atom stereocenters. The number of fused-ring (bicyclic) bond motifs is 3. The van der Waals surface area contributed by atoms with Gasteiger partial charge in [0.15, 0.2) is 0 Å². The van der Waals surface area contributed by atoms with Gasteiger partial charge < -0.3 is 4.90 Å². The first-order valence-corrected chi connectivity index (χ1v) is 3.67. The van der Waals surface area contributed by atoms with Crippen molar-refractivity contribution in [2.75, 3.05) is 19.6 Å². The van der Waals surface area contributed by atoms with Crippen LogP contribution in [-0.2, 0) is 0 Å². The van der Waals surface area contributed by atoms with Crippen molar-refractivity contribution in [1.82, 2.24) is 4.90 Å². The molecule has 3 rings (SSSR count). The molecule has 3 heterocycles. The Bertz CT molecular complexity index is 63.9. The molecule has 3 fully saturated rings. The number of hydrogen-bond donors (Lipinski definition) is 0. The maximum Gasteiger partial charge on any atom is 0 e. The zero-order valence-electron chi connectivity index (χ0n) is 5.27. The van der Waals surface area contributed by atoms with E-state index >= 15 is 0 Å². The number of hydrogen-bond acceptors (Lipinski definition) is 1. The Kier molecular flexibility index (Phi) is 1.04. The Labute approximate surface area is 52.2 Å². The smallest absolute Gasteiger partial charge is 0 e. The van der Waals surface area contributed by atoms with Crippen molar-refractivity contribution < 1.29 is 1.43 Å². The van der Waals surface area contributed by atoms with Crippen LogP contribution in [0, 0.1) is 5.92 Å². The Morgan fingerprint density at radius 2 is 1.50 bits per heavy atom. The molecule has 1 nitrogen and oxygen atoms in total. The Morgan fingerprint density at radius 1 is 1.00 bits per heavy atom. The second-order valence-corrected chi connectivity index (χ2v) is 3.07. The number of rotatable bonds is 0. The standard InChI is InChI=1S/C7H13N.H2/c1-4-8-5-2-7(1)3-6-8;/h7H,1-6H2;1H. The summed E-state index contributed by atoms with van der Waals surface area (Å²) in [5.41, 5.74) is 0. The monoisotopic (exact) mass is 113 g/mol. The van der Waals surface area contributed by atoms with E-state index in [1.165, 1.54) is 38.9 Å². The molecule has 0 saturated carbocycles. The largest absolute Gasteiger partial charge is 0.303 e. The summed E-state index contributed by atoms with van der Waals surface area (Å²) in [5.74, 6) is 1.11. The number of nitrogens with zero attached hydrogens (tertiary/aromatic N) is 1. The molecule has 0 aromatic carbocycles. The molecule has 0 aliphatic carbocycles. The molecule has 0 aromatic rings. The lowest BCUT2D eigenvalue weighted by Crippen LogP contribution is -2.41. The highest BCUT2D eigenvalue weighted by molar-refractivity contribution is 4.78. The van der Waals surface area contributed by atoms with E-state index in [2.05, 4.69) is 4.90 Å². The van der Waals surface area contributed by atoms with E-state index < -0.39 is 0 Å². The van der Waals surface area contributed by atoms with Crippen molar-refractivity contribution in [1.29, 1.82) is 0 Å². The van der Waals surface area contributed by atoms with Gasteiger partial charge in [0.25, 0.3) is 0 Å². The van der Waals surface area contributed by atoms with Crippen LogP contribution < -0.4 is 0 Å². The molecular formula is C7H15N. The topological polar surface area (TPSA) is 3.24 Å². The van der Waals surface area contributed by atoms with E-state index in [1.807, 2.05) is 0 Å². The van der Waals surface area contributed by atoms with E-state index in [0.717, 1.165) is 5.92 Å². The lowest BCUT2D eigenvalue weighted by molar-refractivity contribution is 0.111. The minimum atomic E-state index is 0. The van der Waals surface area contributed by atoms with Crippen LogP contribution in [0.3, 0.4) is 0 Å². The molecule has 2 bridgehead atoms. The SMILES string of the molecule is C1CN2CCC1CC2.[HH]. The Balaban J connectivity index is 0.000000405. The quantitative estimate of drug-likeness (QED) is 0.458. The number of piperidine rings is 3. The van der Waals surface area contributed by atoms with Gasteiger partial charge in [-0.3, -0.25) is 0 Å². The molecular weight excluding hydrogens is 98.1 g/mol. The summed E-state index contributed by atoms with van der Waals surface area (Å²) in [5, 5.41) is 0. The summed E-state index contributed by atoms with van der Waals surface area (Å²) in [6, 6.07) is 0. The molecule has 48 valence electrons. The molecule has 0 unspecified atom stereocenters. The van der Waals surface area contributed by atoms with Gasteiger partial charge in [-0.1, -0.05) is 0 Å². The third-order valence-electron chi connectivity index (χ3n) is 2.56. The summed E-state index contributed by atoms with van der Waals surface area (Å²) in [4.78, 5) is 2.58. The van der Waals surface area contributed by atoms with Crippen molar-refractivity contribution in [2.24, 2.45) is 5.92 Å². The molecule has 0 aromatic heterocycles. The molecule has 0 N–H and O–H groups in total. The van der Waals surface area contributed by atoms with Crippen LogP contribution in [0.2, 0.25) is 0 Å². The van der Waals surface area contributed by atoms with E-state index in [9.17, 15) is 0 Å². The van der Waals surface area contributed by atoms with Crippen molar-refractivity contribution in [3.05, 3.63) is 0 Å². The van der Waals surface area contributed by atoms with Gasteiger partial charge in [-0.25, -0.2) is 0 Å². The maximum atomic E-state index is 2.58. The summed E-state index contributed by atoms with van der Waals surface area (Å²) >= 11 is 0. The van der Waals surface area contributed by atoms with Crippen molar-refractivity contribution in [3.63, 3.8) is 0 Å². The maximum absolute atomic E-state index is 2.58. The van der Waals surface area contributed by atoms with Crippen LogP contribution in [0.15, 0.2) is 0 Å². The highest BCUT2D eigenvalue weighted by Gasteiger charge is 2.24. The van der Waals surface area contributed by atoms with Crippen LogP contribution in [0.1, 0.15) is 20.7 Å². The average molecular weight is 113 g/mol. The Morgan fingerprint density at radius 3 is 1.62 bits per heavy atom. The zero-order valence-corrected chi connectivity index (χ0v) is 5.27. The molecule has 3 aliphatic heterocycles. The van der Waals surface area contributed by atoms with Crippen molar-refractivity contribution in [3.8, 4) is 0 Å². The highest BCUT2D eigenvalue weighted by atomic mass is 15.1. The van der Waals surface area contributed by atoms with Gasteiger partial charge >= 0.3 is 0 Å². The second kappa shape index (κ2) is 1.73. The van der Waals surface area contributed by atoms with Crippen LogP contribution in [0.25, 0.3) is 0 Å². The molecule has 3 saturated heterocycles. The fourth-order valence-electron chi connectivity index (χ4n) is 1.86. The van der Waals surface area contributed by atoms with E-state index in [4.69, 9.17) is 0 Å². The second-order valence-electron chi connectivity index (χ2n) is 3.07. The third kappa shape index (κ3) is 0.655. The predicted molar refractivity (Wildman–Crippen MR) is 35.9 cm³/mol. The van der Waals surface area contributed by atoms with Crippen LogP contribution >= 0.6 is 0 Å². The molecule has 3 aliphatic rings.